The molecule has 0 aliphatic rings. The quantitative estimate of drug-likeness (QED) is 0.590. The van der Waals surface area contributed by atoms with Crippen molar-refractivity contribution in [1.82, 2.24) is 0 Å². The van der Waals surface area contributed by atoms with Crippen molar-refractivity contribution in [1.29, 1.82) is 0 Å². The number of hydrogen-bond donors (Lipinski definition) is 1. The van der Waals surface area contributed by atoms with Crippen molar-refractivity contribution in [3.05, 3.63) is 56.3 Å². The van der Waals surface area contributed by atoms with Crippen LogP contribution in [0, 0.1) is 0 Å². The van der Waals surface area contributed by atoms with Gasteiger partial charge < -0.3 is 5.32 Å². The average Bonchev–Trinajstić information content (AvgIpc) is 2.83. The summed E-state index contributed by atoms with van der Waals surface area (Å²) < 4.78 is 23.9. The zero-order valence-corrected chi connectivity index (χ0v) is 16.5. The van der Waals surface area contributed by atoms with E-state index in [1.54, 1.807) is 24.3 Å². The molecule has 0 saturated carbocycles. The lowest BCUT2D eigenvalue weighted by molar-refractivity contribution is 0.103. The lowest BCUT2D eigenvalue weighted by Gasteiger charge is -2.06. The summed E-state index contributed by atoms with van der Waals surface area (Å²) in [6.45, 7) is 0. The zero-order valence-electron chi connectivity index (χ0n) is 12.6. The van der Waals surface area contributed by atoms with Crippen molar-refractivity contribution in [2.24, 2.45) is 0 Å². The highest BCUT2D eigenvalue weighted by molar-refractivity contribution is 7.90. The van der Waals surface area contributed by atoms with Crippen LogP contribution in [0.25, 0.3) is 10.1 Å². The van der Waals surface area contributed by atoms with Gasteiger partial charge in [-0.25, -0.2) is 8.42 Å². The van der Waals surface area contributed by atoms with Crippen molar-refractivity contribution < 1.29 is 13.2 Å². The fourth-order valence-corrected chi connectivity index (χ4v) is 5.19. The standard InChI is InChI=1S/C16H10Cl3NO3S2/c1-25(22,23)10-4-2-3-9(7-10)20-16(21)15-14(19)13-11(18)5-8(17)6-12(13)24-15/h2-7H,1H3,(H,20,21). The predicted molar refractivity (Wildman–Crippen MR) is 104 cm³/mol. The maximum Gasteiger partial charge on any atom is 0.267 e. The summed E-state index contributed by atoms with van der Waals surface area (Å²) >= 11 is 19.6. The summed E-state index contributed by atoms with van der Waals surface area (Å²) in [4.78, 5) is 12.9. The van der Waals surface area contributed by atoms with Gasteiger partial charge in [-0.05, 0) is 30.3 Å². The molecule has 1 heterocycles. The Balaban J connectivity index is 1.99. The van der Waals surface area contributed by atoms with Crippen LogP contribution in [0.3, 0.4) is 0 Å². The van der Waals surface area contributed by atoms with E-state index in [1.807, 2.05) is 0 Å². The number of nitrogens with one attached hydrogen (secondary N) is 1. The summed E-state index contributed by atoms with van der Waals surface area (Å²) in [5, 5.41) is 4.26. The SMILES string of the molecule is CS(=O)(=O)c1cccc(NC(=O)c2sc3cc(Cl)cc(Cl)c3c2Cl)c1. The maximum atomic E-state index is 12.6. The minimum Gasteiger partial charge on any atom is -0.321 e. The van der Waals surface area contributed by atoms with E-state index < -0.39 is 15.7 Å². The molecular formula is C16H10Cl3NO3S2. The summed E-state index contributed by atoms with van der Waals surface area (Å²) in [6, 6.07) is 9.23. The van der Waals surface area contributed by atoms with Crippen LogP contribution in [0.15, 0.2) is 41.3 Å². The zero-order chi connectivity index (χ0) is 18.4. The molecule has 0 fully saturated rings. The van der Waals surface area contributed by atoms with Gasteiger partial charge in [0.1, 0.15) is 4.88 Å². The molecule has 0 atom stereocenters. The molecule has 1 N–H and O–H groups in total. The largest absolute Gasteiger partial charge is 0.321 e. The third kappa shape index (κ3) is 3.78. The van der Waals surface area contributed by atoms with Crippen LogP contribution in [-0.4, -0.2) is 20.6 Å². The molecule has 2 aromatic carbocycles. The first-order valence-electron chi connectivity index (χ1n) is 6.85. The Hall–Kier alpha value is -1.31. The number of anilines is 1. The second-order valence-corrected chi connectivity index (χ2v) is 9.55. The summed E-state index contributed by atoms with van der Waals surface area (Å²) in [5.41, 5.74) is 0.352. The van der Waals surface area contributed by atoms with E-state index in [0.29, 0.717) is 25.8 Å². The van der Waals surface area contributed by atoms with Crippen molar-refractivity contribution in [2.75, 3.05) is 11.6 Å². The first-order chi connectivity index (χ1) is 11.7. The summed E-state index contributed by atoms with van der Waals surface area (Å²) in [6.07, 6.45) is 1.10. The van der Waals surface area contributed by atoms with Crippen LogP contribution in [0.5, 0.6) is 0 Å². The molecule has 1 amide bonds. The normalized spacial score (nSPS) is 11.7. The van der Waals surface area contributed by atoms with Crippen LogP contribution in [0.2, 0.25) is 15.1 Å². The highest BCUT2D eigenvalue weighted by Crippen LogP contribution is 2.41. The molecular weight excluding hydrogens is 425 g/mol. The molecule has 9 heteroatoms. The van der Waals surface area contributed by atoms with E-state index >= 15 is 0 Å². The number of amides is 1. The van der Waals surface area contributed by atoms with Gasteiger partial charge in [-0.1, -0.05) is 40.9 Å². The van der Waals surface area contributed by atoms with Crippen LogP contribution in [0.1, 0.15) is 9.67 Å². The van der Waals surface area contributed by atoms with Crippen molar-refractivity contribution in [3.8, 4) is 0 Å². The number of halogens is 3. The highest BCUT2D eigenvalue weighted by atomic mass is 35.5. The lowest BCUT2D eigenvalue weighted by Crippen LogP contribution is -2.11. The molecule has 0 spiro atoms. The van der Waals surface area contributed by atoms with E-state index in [1.165, 1.54) is 12.1 Å². The van der Waals surface area contributed by atoms with Crippen LogP contribution < -0.4 is 5.32 Å². The summed E-state index contributed by atoms with van der Waals surface area (Å²) in [7, 11) is -3.37. The summed E-state index contributed by atoms with van der Waals surface area (Å²) in [5.74, 6) is -0.455. The number of benzene rings is 2. The second-order valence-electron chi connectivity index (χ2n) is 5.26. The van der Waals surface area contributed by atoms with Gasteiger partial charge in [0, 0.05) is 27.1 Å². The molecule has 0 bridgehead atoms. The molecule has 0 radical (unpaired) electrons. The maximum absolute atomic E-state index is 12.6. The Bertz CT molecular complexity index is 1110. The third-order valence-electron chi connectivity index (χ3n) is 3.38. The predicted octanol–water partition coefficient (Wildman–Crippen LogP) is 5.52. The molecule has 0 unspecified atom stereocenters. The number of hydrogen-bond acceptors (Lipinski definition) is 4. The third-order valence-corrected chi connectivity index (χ3v) is 6.63. The average molecular weight is 435 g/mol. The van der Waals surface area contributed by atoms with Gasteiger partial charge >= 0.3 is 0 Å². The number of thiophene rings is 1. The van der Waals surface area contributed by atoms with E-state index in [2.05, 4.69) is 5.32 Å². The Labute approximate surface area is 163 Å². The molecule has 0 aliphatic heterocycles. The van der Waals surface area contributed by atoms with Gasteiger partial charge in [0.15, 0.2) is 9.84 Å². The Morgan fingerprint density at radius 3 is 2.52 bits per heavy atom. The van der Waals surface area contributed by atoms with Crippen molar-refractivity contribution in [3.63, 3.8) is 0 Å². The number of carbonyl (C=O) groups is 1. The minimum absolute atomic E-state index is 0.113. The van der Waals surface area contributed by atoms with Crippen molar-refractivity contribution >= 4 is 77.7 Å². The van der Waals surface area contributed by atoms with Gasteiger partial charge in [0.2, 0.25) is 0 Å². The molecule has 0 saturated heterocycles. The first-order valence-corrected chi connectivity index (χ1v) is 10.7. The topological polar surface area (TPSA) is 63.2 Å². The molecule has 0 aliphatic carbocycles. The Kier molecular flexibility index (Phi) is 5.01. The molecule has 25 heavy (non-hydrogen) atoms. The number of carbonyl (C=O) groups excluding carboxylic acids is 1. The van der Waals surface area contributed by atoms with Gasteiger partial charge in [-0.2, -0.15) is 0 Å². The number of fused-ring (bicyclic) bond motifs is 1. The van der Waals surface area contributed by atoms with E-state index in [4.69, 9.17) is 34.8 Å². The van der Waals surface area contributed by atoms with Gasteiger partial charge in [0.05, 0.1) is 14.9 Å². The van der Waals surface area contributed by atoms with Crippen LogP contribution >= 0.6 is 46.1 Å². The molecule has 3 aromatic rings. The number of sulfone groups is 1. The Morgan fingerprint density at radius 1 is 1.12 bits per heavy atom. The molecule has 130 valence electrons. The fourth-order valence-electron chi connectivity index (χ4n) is 2.25. The van der Waals surface area contributed by atoms with Gasteiger partial charge in [-0.15, -0.1) is 11.3 Å². The van der Waals surface area contributed by atoms with Crippen LogP contribution in [-0.2, 0) is 9.84 Å². The second kappa shape index (κ2) is 6.78. The highest BCUT2D eigenvalue weighted by Gasteiger charge is 2.20. The lowest BCUT2D eigenvalue weighted by atomic mass is 10.2. The molecule has 1 aromatic heterocycles. The van der Waals surface area contributed by atoms with E-state index in [9.17, 15) is 13.2 Å². The molecule has 4 nitrogen and oxygen atoms in total. The van der Waals surface area contributed by atoms with Gasteiger partial charge in [-0.3, -0.25) is 4.79 Å². The number of rotatable bonds is 3. The minimum atomic E-state index is -3.37. The van der Waals surface area contributed by atoms with E-state index in [-0.39, 0.29) is 14.8 Å². The smallest absolute Gasteiger partial charge is 0.267 e. The molecule has 3 rings (SSSR count). The van der Waals surface area contributed by atoms with Crippen LogP contribution in [0.4, 0.5) is 5.69 Å². The first kappa shape index (κ1) is 18.5. The fraction of sp³-hybridized carbons (Fsp3) is 0.0625. The Morgan fingerprint density at radius 2 is 1.84 bits per heavy atom. The van der Waals surface area contributed by atoms with Gasteiger partial charge in [0.25, 0.3) is 5.91 Å². The van der Waals surface area contributed by atoms with Crippen molar-refractivity contribution in [2.45, 2.75) is 4.90 Å². The van der Waals surface area contributed by atoms with E-state index in [0.717, 1.165) is 17.6 Å². The monoisotopic (exact) mass is 433 g/mol.